The van der Waals surface area contributed by atoms with Gasteiger partial charge in [0.1, 0.15) is 10.8 Å². The number of anilines is 1. The molecular weight excluding hydrogens is 284 g/mol. The first-order valence-electron chi connectivity index (χ1n) is 6.98. The molecule has 0 radical (unpaired) electrons. The van der Waals surface area contributed by atoms with E-state index < -0.39 is 0 Å². The van der Waals surface area contributed by atoms with Gasteiger partial charge in [0.25, 0.3) is 5.91 Å². The number of nitrogens with two attached hydrogens (primary N) is 1. The lowest BCUT2D eigenvalue weighted by molar-refractivity contribution is 0.0950. The molecule has 0 aromatic carbocycles. The molecule has 0 unspecified atom stereocenters. The van der Waals surface area contributed by atoms with Crippen LogP contribution < -0.4 is 11.1 Å². The average molecular weight is 304 g/mol. The minimum atomic E-state index is -0.153. The molecule has 2 heterocycles. The Morgan fingerprint density at radius 3 is 2.81 bits per heavy atom. The van der Waals surface area contributed by atoms with Crippen molar-refractivity contribution in [1.29, 1.82) is 0 Å². The third-order valence-electron chi connectivity index (χ3n) is 3.07. The molecule has 112 valence electrons. The minimum absolute atomic E-state index is 0.153. The van der Waals surface area contributed by atoms with Crippen molar-refractivity contribution in [2.24, 2.45) is 0 Å². The Kier molecular flexibility index (Phi) is 4.90. The summed E-state index contributed by atoms with van der Waals surface area (Å²) in [5.41, 5.74) is 7.12. The maximum atomic E-state index is 12.2. The van der Waals surface area contributed by atoms with E-state index in [0.29, 0.717) is 17.9 Å². The first kappa shape index (κ1) is 15.4. The van der Waals surface area contributed by atoms with Gasteiger partial charge in [-0.2, -0.15) is 0 Å². The van der Waals surface area contributed by atoms with Crippen molar-refractivity contribution in [3.8, 4) is 0 Å². The second-order valence-corrected chi connectivity index (χ2v) is 6.32. The van der Waals surface area contributed by atoms with Crippen molar-refractivity contribution < 1.29 is 4.79 Å². The highest BCUT2D eigenvalue weighted by atomic mass is 32.1. The van der Waals surface area contributed by atoms with Crippen LogP contribution in [0.2, 0.25) is 0 Å². The monoisotopic (exact) mass is 304 g/mol. The highest BCUT2D eigenvalue weighted by Gasteiger charge is 2.11. The zero-order valence-corrected chi connectivity index (χ0v) is 13.3. The molecule has 0 saturated heterocycles. The van der Waals surface area contributed by atoms with E-state index >= 15 is 0 Å². The van der Waals surface area contributed by atoms with Crippen LogP contribution in [0.15, 0.2) is 18.3 Å². The fraction of sp³-hybridized carbons (Fsp3) is 0.400. The van der Waals surface area contributed by atoms with Crippen molar-refractivity contribution in [1.82, 2.24) is 15.3 Å². The summed E-state index contributed by atoms with van der Waals surface area (Å²) in [6, 6.07) is 3.39. The molecule has 0 aliphatic rings. The first-order valence-corrected chi connectivity index (χ1v) is 7.80. The minimum Gasteiger partial charge on any atom is -0.384 e. The summed E-state index contributed by atoms with van der Waals surface area (Å²) in [5, 5.41) is 3.78. The summed E-state index contributed by atoms with van der Waals surface area (Å²) in [4.78, 5) is 21.9. The number of nitrogens with zero attached hydrogens (tertiary/aromatic N) is 2. The molecule has 2 aromatic rings. The van der Waals surface area contributed by atoms with E-state index in [4.69, 9.17) is 5.73 Å². The molecule has 0 aliphatic heterocycles. The quantitative estimate of drug-likeness (QED) is 0.890. The van der Waals surface area contributed by atoms with Gasteiger partial charge in [-0.25, -0.2) is 9.97 Å². The molecule has 5 nitrogen and oxygen atoms in total. The summed E-state index contributed by atoms with van der Waals surface area (Å²) in [6.45, 7) is 6.56. The van der Waals surface area contributed by atoms with Crippen molar-refractivity contribution in [2.45, 2.75) is 39.7 Å². The Morgan fingerprint density at radius 2 is 2.19 bits per heavy atom. The summed E-state index contributed by atoms with van der Waals surface area (Å²) in [5.74, 6) is 0.444. The van der Waals surface area contributed by atoms with Crippen LogP contribution in [0.5, 0.6) is 0 Å². The summed E-state index contributed by atoms with van der Waals surface area (Å²) < 4.78 is 0. The van der Waals surface area contributed by atoms with E-state index in [1.807, 2.05) is 20.0 Å². The Hall–Kier alpha value is -1.95. The summed E-state index contributed by atoms with van der Waals surface area (Å²) in [6.07, 6.45) is 2.82. The fourth-order valence-electron chi connectivity index (χ4n) is 1.85. The number of rotatable bonds is 5. The number of hydrogen-bond acceptors (Lipinski definition) is 5. The van der Waals surface area contributed by atoms with E-state index in [9.17, 15) is 4.79 Å². The lowest BCUT2D eigenvalue weighted by Gasteiger charge is -2.09. The normalized spacial score (nSPS) is 10.9. The second-order valence-electron chi connectivity index (χ2n) is 5.12. The van der Waals surface area contributed by atoms with Crippen molar-refractivity contribution in [3.05, 3.63) is 39.5 Å². The molecule has 1 amide bonds. The Bertz CT molecular complexity index is 636. The number of hydrogen-bond donors (Lipinski definition) is 2. The van der Waals surface area contributed by atoms with Crippen molar-refractivity contribution >= 4 is 23.1 Å². The lowest BCUT2D eigenvalue weighted by atomic mass is 10.1. The number of aryl methyl sites for hydroxylation is 1. The van der Waals surface area contributed by atoms with Crippen molar-refractivity contribution in [3.63, 3.8) is 0 Å². The SMILES string of the molecule is CCc1cnc(CNC(=O)c2cc(N)nc(C(C)C)c2)s1. The van der Waals surface area contributed by atoms with Crippen LogP contribution in [-0.4, -0.2) is 15.9 Å². The number of amides is 1. The van der Waals surface area contributed by atoms with Crippen LogP contribution >= 0.6 is 11.3 Å². The molecule has 21 heavy (non-hydrogen) atoms. The molecule has 2 rings (SSSR count). The van der Waals surface area contributed by atoms with Gasteiger partial charge >= 0.3 is 0 Å². The van der Waals surface area contributed by atoms with E-state index in [1.54, 1.807) is 23.5 Å². The van der Waals surface area contributed by atoms with Gasteiger partial charge in [-0.1, -0.05) is 20.8 Å². The van der Waals surface area contributed by atoms with Gasteiger partial charge in [0.15, 0.2) is 0 Å². The Balaban J connectivity index is 2.06. The van der Waals surface area contributed by atoms with Gasteiger partial charge in [-0.3, -0.25) is 4.79 Å². The highest BCUT2D eigenvalue weighted by molar-refractivity contribution is 7.11. The van der Waals surface area contributed by atoms with Crippen molar-refractivity contribution in [2.75, 3.05) is 5.73 Å². The van der Waals surface area contributed by atoms with E-state index in [2.05, 4.69) is 22.2 Å². The van der Waals surface area contributed by atoms with Gasteiger partial charge in [0, 0.05) is 22.3 Å². The number of nitrogen functional groups attached to an aromatic ring is 1. The molecule has 6 heteroatoms. The molecule has 0 spiro atoms. The molecular formula is C15H20N4OS. The molecule has 0 saturated carbocycles. The second kappa shape index (κ2) is 6.67. The van der Waals surface area contributed by atoms with Crippen LogP contribution in [0.25, 0.3) is 0 Å². The van der Waals surface area contributed by atoms with Gasteiger partial charge in [-0.15, -0.1) is 11.3 Å². The molecule has 3 N–H and O–H groups in total. The molecule has 0 aliphatic carbocycles. The smallest absolute Gasteiger partial charge is 0.251 e. The average Bonchev–Trinajstić information content (AvgIpc) is 2.92. The fourth-order valence-corrected chi connectivity index (χ4v) is 2.65. The maximum Gasteiger partial charge on any atom is 0.251 e. The zero-order chi connectivity index (χ0) is 15.4. The number of pyridine rings is 1. The van der Waals surface area contributed by atoms with Gasteiger partial charge in [-0.05, 0) is 24.5 Å². The van der Waals surface area contributed by atoms with E-state index in [-0.39, 0.29) is 11.8 Å². The van der Waals surface area contributed by atoms with Gasteiger partial charge in [0.2, 0.25) is 0 Å². The van der Waals surface area contributed by atoms with Crippen LogP contribution in [0.4, 0.5) is 5.82 Å². The summed E-state index contributed by atoms with van der Waals surface area (Å²) in [7, 11) is 0. The van der Waals surface area contributed by atoms with Gasteiger partial charge in [0.05, 0.1) is 6.54 Å². The largest absolute Gasteiger partial charge is 0.384 e. The predicted molar refractivity (Wildman–Crippen MR) is 85.4 cm³/mol. The van der Waals surface area contributed by atoms with Gasteiger partial charge < -0.3 is 11.1 Å². The molecule has 0 fully saturated rings. The number of carbonyl (C=O) groups is 1. The van der Waals surface area contributed by atoms with Crippen LogP contribution in [-0.2, 0) is 13.0 Å². The number of carbonyl (C=O) groups excluding carboxylic acids is 1. The lowest BCUT2D eigenvalue weighted by Crippen LogP contribution is -2.23. The summed E-state index contributed by atoms with van der Waals surface area (Å²) >= 11 is 1.62. The van der Waals surface area contributed by atoms with Crippen LogP contribution in [0.1, 0.15) is 52.6 Å². The molecule has 0 atom stereocenters. The maximum absolute atomic E-state index is 12.2. The Morgan fingerprint density at radius 1 is 1.43 bits per heavy atom. The predicted octanol–water partition coefficient (Wildman–Crippen LogP) is 2.74. The number of aromatic nitrogens is 2. The highest BCUT2D eigenvalue weighted by Crippen LogP contribution is 2.17. The van der Waals surface area contributed by atoms with Crippen LogP contribution in [0, 0.1) is 0 Å². The third-order valence-corrected chi connectivity index (χ3v) is 4.21. The number of thiazole rings is 1. The zero-order valence-electron chi connectivity index (χ0n) is 12.5. The third kappa shape index (κ3) is 4.01. The van der Waals surface area contributed by atoms with E-state index in [1.165, 1.54) is 4.88 Å². The topological polar surface area (TPSA) is 80.9 Å². The first-order chi connectivity index (χ1) is 9.99. The molecule has 0 bridgehead atoms. The molecule has 2 aromatic heterocycles. The Labute approximate surface area is 128 Å². The number of nitrogens with one attached hydrogen (secondary N) is 1. The van der Waals surface area contributed by atoms with E-state index in [0.717, 1.165) is 17.1 Å². The van der Waals surface area contributed by atoms with Crippen LogP contribution in [0.3, 0.4) is 0 Å². The standard InChI is InChI=1S/C15H20N4OS/c1-4-11-7-17-14(21-11)8-18-15(20)10-5-12(9(2)3)19-13(16)6-10/h5-7,9H,4,8H2,1-3H3,(H2,16,19)(H,18,20).